The molecule has 3 rings (SSSR count). The molecular formula is C20H16Cl2N4O6. The number of aryl methyl sites for hydroxylation is 1. The molecule has 0 bridgehead atoms. The van der Waals surface area contributed by atoms with Gasteiger partial charge in [-0.2, -0.15) is 5.10 Å². The first-order valence-electron chi connectivity index (χ1n) is 9.12. The monoisotopic (exact) mass is 478 g/mol. The van der Waals surface area contributed by atoms with Crippen LogP contribution in [0.4, 0.5) is 11.4 Å². The topological polar surface area (TPSA) is 126 Å². The number of benzene rings is 2. The first kappa shape index (κ1) is 23.0. The number of carbonyl (C=O) groups is 2. The number of nitro benzene ring substituents is 1. The second-order valence-electron chi connectivity index (χ2n) is 6.36. The molecule has 0 fully saturated rings. The number of carbonyl (C=O) groups excluding carboxylic acids is 2. The minimum Gasteiger partial charge on any atom is -0.461 e. The van der Waals surface area contributed by atoms with Gasteiger partial charge in [0.2, 0.25) is 0 Å². The van der Waals surface area contributed by atoms with Crippen molar-refractivity contribution < 1.29 is 24.0 Å². The Morgan fingerprint density at radius 3 is 2.59 bits per heavy atom. The minimum atomic E-state index is -0.688. The van der Waals surface area contributed by atoms with Crippen LogP contribution in [0, 0.1) is 10.1 Å². The molecule has 12 heteroatoms. The predicted molar refractivity (Wildman–Crippen MR) is 117 cm³/mol. The molecule has 0 spiro atoms. The molecule has 0 saturated heterocycles. The molecule has 3 aromatic rings. The van der Waals surface area contributed by atoms with Crippen LogP contribution in [0.1, 0.15) is 27.9 Å². The SMILES string of the molecule is CCOC(=O)c1cc(C(=O)Nc2cc(Oc3ccc(Cl)cc3Cl)cc([N+](=O)[O-])c2)nn1C. The number of amides is 1. The summed E-state index contributed by atoms with van der Waals surface area (Å²) in [5, 5.41) is 18.4. The normalized spacial score (nSPS) is 10.5. The van der Waals surface area contributed by atoms with E-state index < -0.39 is 16.8 Å². The highest BCUT2D eigenvalue weighted by Crippen LogP contribution is 2.34. The van der Waals surface area contributed by atoms with Gasteiger partial charge in [0.25, 0.3) is 11.6 Å². The molecule has 0 unspecified atom stereocenters. The summed E-state index contributed by atoms with van der Waals surface area (Å²) in [6, 6.07) is 9.49. The largest absolute Gasteiger partial charge is 0.461 e. The molecule has 0 aliphatic rings. The van der Waals surface area contributed by atoms with E-state index in [-0.39, 0.29) is 45.9 Å². The van der Waals surface area contributed by atoms with Crippen molar-refractivity contribution in [2.45, 2.75) is 6.92 Å². The van der Waals surface area contributed by atoms with Gasteiger partial charge in [-0.05, 0) is 25.1 Å². The Labute approximate surface area is 191 Å². The summed E-state index contributed by atoms with van der Waals surface area (Å²) in [5.41, 5.74) is -0.244. The van der Waals surface area contributed by atoms with Crippen LogP contribution in [0.15, 0.2) is 42.5 Å². The third-order valence-corrected chi connectivity index (χ3v) is 4.61. The lowest BCUT2D eigenvalue weighted by Crippen LogP contribution is -2.13. The number of esters is 1. The summed E-state index contributed by atoms with van der Waals surface area (Å²) in [4.78, 5) is 35.2. The van der Waals surface area contributed by atoms with E-state index in [1.807, 2.05) is 0 Å². The van der Waals surface area contributed by atoms with E-state index in [1.54, 1.807) is 13.0 Å². The zero-order chi connectivity index (χ0) is 23.4. The molecular weight excluding hydrogens is 463 g/mol. The highest BCUT2D eigenvalue weighted by atomic mass is 35.5. The van der Waals surface area contributed by atoms with Gasteiger partial charge in [-0.1, -0.05) is 23.2 Å². The minimum absolute atomic E-state index is 0.0620. The number of rotatable bonds is 7. The van der Waals surface area contributed by atoms with E-state index in [0.717, 1.165) is 6.07 Å². The standard InChI is InChI=1S/C20H16Cl2N4O6/c1-3-31-20(28)17-10-16(24-25(17)2)19(27)23-12-7-13(26(29)30)9-14(8-12)32-18-5-4-11(21)6-15(18)22/h4-10H,3H2,1-2H3,(H,23,27). The Bertz CT molecular complexity index is 1210. The smallest absolute Gasteiger partial charge is 0.356 e. The fourth-order valence-corrected chi connectivity index (χ4v) is 3.12. The van der Waals surface area contributed by atoms with Crippen molar-refractivity contribution in [1.82, 2.24) is 9.78 Å². The number of hydrogen-bond acceptors (Lipinski definition) is 7. The number of nitro groups is 1. The van der Waals surface area contributed by atoms with Gasteiger partial charge >= 0.3 is 5.97 Å². The van der Waals surface area contributed by atoms with E-state index in [4.69, 9.17) is 32.7 Å². The summed E-state index contributed by atoms with van der Waals surface area (Å²) < 4.78 is 11.8. The molecule has 10 nitrogen and oxygen atoms in total. The summed E-state index contributed by atoms with van der Waals surface area (Å²) in [6.07, 6.45) is 0. The molecule has 1 N–H and O–H groups in total. The van der Waals surface area contributed by atoms with Crippen molar-refractivity contribution in [3.05, 3.63) is 74.0 Å². The van der Waals surface area contributed by atoms with Crippen LogP contribution >= 0.6 is 23.2 Å². The Balaban J connectivity index is 1.87. The van der Waals surface area contributed by atoms with E-state index in [0.29, 0.717) is 5.02 Å². The van der Waals surface area contributed by atoms with Gasteiger partial charge in [0.1, 0.15) is 17.2 Å². The molecule has 0 saturated carbocycles. The van der Waals surface area contributed by atoms with Crippen LogP contribution in [0.2, 0.25) is 10.0 Å². The van der Waals surface area contributed by atoms with Gasteiger partial charge in [0, 0.05) is 30.3 Å². The molecule has 166 valence electrons. The molecule has 1 heterocycles. The fraction of sp³-hybridized carbons (Fsp3) is 0.150. The van der Waals surface area contributed by atoms with Crippen molar-refractivity contribution >= 4 is 46.5 Å². The molecule has 32 heavy (non-hydrogen) atoms. The maximum atomic E-state index is 12.6. The first-order chi connectivity index (χ1) is 15.2. The Kier molecular flexibility index (Phi) is 6.96. The molecule has 1 amide bonds. The highest BCUT2D eigenvalue weighted by molar-refractivity contribution is 6.35. The maximum Gasteiger partial charge on any atom is 0.356 e. The summed E-state index contributed by atoms with van der Waals surface area (Å²) in [6.45, 7) is 1.82. The lowest BCUT2D eigenvalue weighted by Gasteiger charge is -2.10. The van der Waals surface area contributed by atoms with Gasteiger partial charge in [-0.3, -0.25) is 19.6 Å². The lowest BCUT2D eigenvalue weighted by molar-refractivity contribution is -0.384. The number of hydrogen-bond donors (Lipinski definition) is 1. The number of nitrogens with one attached hydrogen (secondary N) is 1. The Hall–Kier alpha value is -3.63. The van der Waals surface area contributed by atoms with Crippen LogP contribution in [-0.2, 0) is 11.8 Å². The van der Waals surface area contributed by atoms with Gasteiger partial charge < -0.3 is 14.8 Å². The van der Waals surface area contributed by atoms with Crippen LogP contribution in [0.25, 0.3) is 0 Å². The summed E-state index contributed by atoms with van der Waals surface area (Å²) in [5.74, 6) is -1.04. The van der Waals surface area contributed by atoms with E-state index in [2.05, 4.69) is 10.4 Å². The average molecular weight is 479 g/mol. The van der Waals surface area contributed by atoms with Crippen LogP contribution in [-0.4, -0.2) is 33.2 Å². The molecule has 0 atom stereocenters. The fourth-order valence-electron chi connectivity index (χ4n) is 2.67. The van der Waals surface area contributed by atoms with Gasteiger partial charge in [0.05, 0.1) is 28.3 Å². The second-order valence-corrected chi connectivity index (χ2v) is 7.21. The van der Waals surface area contributed by atoms with Crippen LogP contribution in [0.5, 0.6) is 11.5 Å². The molecule has 0 aliphatic heterocycles. The highest BCUT2D eigenvalue weighted by Gasteiger charge is 2.20. The number of non-ortho nitro benzene ring substituents is 1. The van der Waals surface area contributed by atoms with Crippen molar-refractivity contribution in [3.63, 3.8) is 0 Å². The van der Waals surface area contributed by atoms with Gasteiger partial charge in [-0.15, -0.1) is 0 Å². The maximum absolute atomic E-state index is 12.6. The lowest BCUT2D eigenvalue weighted by atomic mass is 10.2. The summed E-state index contributed by atoms with van der Waals surface area (Å²) >= 11 is 12.0. The Morgan fingerprint density at radius 1 is 1.19 bits per heavy atom. The quantitative estimate of drug-likeness (QED) is 0.292. The van der Waals surface area contributed by atoms with Crippen molar-refractivity contribution in [2.75, 3.05) is 11.9 Å². The summed E-state index contributed by atoms with van der Waals surface area (Å²) in [7, 11) is 1.48. The zero-order valence-electron chi connectivity index (χ0n) is 16.8. The number of anilines is 1. The molecule has 0 aliphatic carbocycles. The predicted octanol–water partition coefficient (Wildman–Crippen LogP) is 4.86. The van der Waals surface area contributed by atoms with Crippen molar-refractivity contribution in [2.24, 2.45) is 7.05 Å². The average Bonchev–Trinajstić information content (AvgIpc) is 3.12. The third-order valence-electron chi connectivity index (χ3n) is 4.08. The number of aromatic nitrogens is 2. The molecule has 2 aromatic carbocycles. The van der Waals surface area contributed by atoms with Crippen molar-refractivity contribution in [3.8, 4) is 11.5 Å². The van der Waals surface area contributed by atoms with Gasteiger partial charge in [-0.25, -0.2) is 4.79 Å². The van der Waals surface area contributed by atoms with Crippen molar-refractivity contribution in [1.29, 1.82) is 0 Å². The molecule has 1 aromatic heterocycles. The second kappa shape index (κ2) is 9.67. The number of halogens is 2. The van der Waals surface area contributed by atoms with E-state index >= 15 is 0 Å². The first-order valence-corrected chi connectivity index (χ1v) is 9.88. The number of ether oxygens (including phenoxy) is 2. The van der Waals surface area contributed by atoms with Crippen LogP contribution in [0.3, 0.4) is 0 Å². The van der Waals surface area contributed by atoms with E-state index in [9.17, 15) is 19.7 Å². The van der Waals surface area contributed by atoms with Gasteiger partial charge in [0.15, 0.2) is 5.69 Å². The van der Waals surface area contributed by atoms with E-state index in [1.165, 1.54) is 42.1 Å². The molecule has 0 radical (unpaired) electrons. The van der Waals surface area contributed by atoms with Crippen LogP contribution < -0.4 is 10.1 Å². The number of nitrogens with zero attached hydrogens (tertiary/aromatic N) is 3. The third kappa shape index (κ3) is 5.34. The Morgan fingerprint density at radius 2 is 1.94 bits per heavy atom. The zero-order valence-corrected chi connectivity index (χ0v) is 18.3.